The number of hydrogen-bond donors (Lipinski definition) is 0. The van der Waals surface area contributed by atoms with Crippen LogP contribution in [-0.2, 0) is 17.9 Å². The second kappa shape index (κ2) is 9.16. The second-order valence-corrected chi connectivity index (χ2v) is 7.40. The van der Waals surface area contributed by atoms with Crippen LogP contribution in [0.5, 0.6) is 5.75 Å². The van der Waals surface area contributed by atoms with Gasteiger partial charge >= 0.3 is 0 Å². The highest BCUT2D eigenvalue weighted by Crippen LogP contribution is 2.26. The predicted molar refractivity (Wildman–Crippen MR) is 109 cm³/mol. The molecule has 3 aromatic rings. The van der Waals surface area contributed by atoms with E-state index in [9.17, 15) is 4.79 Å². The van der Waals surface area contributed by atoms with Gasteiger partial charge in [0.1, 0.15) is 5.75 Å². The van der Waals surface area contributed by atoms with Gasteiger partial charge in [0, 0.05) is 30.7 Å². The van der Waals surface area contributed by atoms with Gasteiger partial charge in [-0.3, -0.25) is 9.36 Å². The van der Waals surface area contributed by atoms with Crippen molar-refractivity contribution in [2.24, 2.45) is 0 Å². The maximum absolute atomic E-state index is 12.6. The van der Waals surface area contributed by atoms with E-state index >= 15 is 0 Å². The molecule has 0 aliphatic carbocycles. The van der Waals surface area contributed by atoms with Gasteiger partial charge in [-0.25, -0.2) is 0 Å². The van der Waals surface area contributed by atoms with Gasteiger partial charge < -0.3 is 14.1 Å². The Morgan fingerprint density at radius 1 is 1.36 bits per heavy atom. The van der Waals surface area contributed by atoms with Gasteiger partial charge in [0.15, 0.2) is 16.7 Å². The standard InChI is InChI=1S/C19H21ClN4O3S/c1-4-24-18(16-6-5-9-27-16)21-22-19(24)28-12-17(25)23(2)11-13-10-14(20)7-8-15(13)26-3/h5-10H,4,11-12H2,1-3H3. The largest absolute Gasteiger partial charge is 0.496 e. The summed E-state index contributed by atoms with van der Waals surface area (Å²) in [6.07, 6.45) is 1.60. The molecule has 2 aromatic heterocycles. The van der Waals surface area contributed by atoms with Gasteiger partial charge in [0.2, 0.25) is 5.91 Å². The van der Waals surface area contributed by atoms with E-state index in [-0.39, 0.29) is 11.7 Å². The Hall–Kier alpha value is -2.45. The molecule has 0 atom stereocenters. The monoisotopic (exact) mass is 420 g/mol. The van der Waals surface area contributed by atoms with Crippen molar-refractivity contribution >= 4 is 29.3 Å². The van der Waals surface area contributed by atoms with Crippen LogP contribution in [0, 0.1) is 0 Å². The molecule has 2 heterocycles. The van der Waals surface area contributed by atoms with Crippen LogP contribution in [0.2, 0.25) is 5.02 Å². The van der Waals surface area contributed by atoms with Crippen molar-refractivity contribution in [1.82, 2.24) is 19.7 Å². The van der Waals surface area contributed by atoms with E-state index in [2.05, 4.69) is 10.2 Å². The predicted octanol–water partition coefficient (Wildman–Crippen LogP) is 3.97. The quantitative estimate of drug-likeness (QED) is 0.513. The molecule has 28 heavy (non-hydrogen) atoms. The van der Waals surface area contributed by atoms with Gasteiger partial charge in [0.05, 0.1) is 19.1 Å². The van der Waals surface area contributed by atoms with E-state index in [1.807, 2.05) is 17.6 Å². The highest BCUT2D eigenvalue weighted by atomic mass is 35.5. The van der Waals surface area contributed by atoms with Gasteiger partial charge in [-0.2, -0.15) is 0 Å². The van der Waals surface area contributed by atoms with Crippen LogP contribution in [0.25, 0.3) is 11.6 Å². The number of benzene rings is 1. The number of furan rings is 1. The summed E-state index contributed by atoms with van der Waals surface area (Å²) in [4.78, 5) is 14.2. The smallest absolute Gasteiger partial charge is 0.233 e. The SMILES string of the molecule is CCn1c(SCC(=O)N(C)Cc2cc(Cl)ccc2OC)nnc1-c1ccco1. The number of hydrogen-bond acceptors (Lipinski definition) is 6. The van der Waals surface area contributed by atoms with Gasteiger partial charge in [-0.05, 0) is 37.3 Å². The van der Waals surface area contributed by atoms with Crippen molar-refractivity contribution in [1.29, 1.82) is 0 Å². The Morgan fingerprint density at radius 3 is 2.86 bits per heavy atom. The van der Waals surface area contributed by atoms with Crippen molar-refractivity contribution in [2.45, 2.75) is 25.2 Å². The molecule has 0 aliphatic rings. The third-order valence-corrected chi connectivity index (χ3v) is 5.36. The Morgan fingerprint density at radius 2 is 2.18 bits per heavy atom. The number of aromatic nitrogens is 3. The highest BCUT2D eigenvalue weighted by molar-refractivity contribution is 7.99. The van der Waals surface area contributed by atoms with Crippen molar-refractivity contribution in [3.8, 4) is 17.3 Å². The number of methoxy groups -OCH3 is 1. The summed E-state index contributed by atoms with van der Waals surface area (Å²) >= 11 is 7.42. The van der Waals surface area contributed by atoms with Crippen molar-refractivity contribution in [2.75, 3.05) is 19.9 Å². The Labute approximate surface area is 172 Å². The second-order valence-electron chi connectivity index (χ2n) is 6.02. The fourth-order valence-electron chi connectivity index (χ4n) is 2.72. The minimum Gasteiger partial charge on any atom is -0.496 e. The zero-order valence-electron chi connectivity index (χ0n) is 15.9. The van der Waals surface area contributed by atoms with E-state index < -0.39 is 0 Å². The third kappa shape index (κ3) is 4.51. The third-order valence-electron chi connectivity index (χ3n) is 4.18. The van der Waals surface area contributed by atoms with Crippen molar-refractivity contribution in [3.05, 3.63) is 47.2 Å². The van der Waals surface area contributed by atoms with E-state index in [0.29, 0.717) is 40.6 Å². The van der Waals surface area contributed by atoms with Crippen molar-refractivity contribution in [3.63, 3.8) is 0 Å². The Balaban J connectivity index is 1.65. The lowest BCUT2D eigenvalue weighted by Gasteiger charge is -2.19. The summed E-state index contributed by atoms with van der Waals surface area (Å²) in [5, 5.41) is 9.68. The maximum Gasteiger partial charge on any atom is 0.233 e. The lowest BCUT2D eigenvalue weighted by atomic mass is 10.2. The Bertz CT molecular complexity index is 943. The van der Waals surface area contributed by atoms with E-state index in [1.54, 1.807) is 49.6 Å². The number of ether oxygens (including phenoxy) is 1. The molecule has 148 valence electrons. The summed E-state index contributed by atoms with van der Waals surface area (Å²) in [5.41, 5.74) is 0.854. The molecule has 0 saturated heterocycles. The number of nitrogens with zero attached hydrogens (tertiary/aromatic N) is 4. The molecular weight excluding hydrogens is 400 g/mol. The molecule has 0 N–H and O–H groups in total. The lowest BCUT2D eigenvalue weighted by Crippen LogP contribution is -2.28. The van der Waals surface area contributed by atoms with Gasteiger partial charge in [0.25, 0.3) is 0 Å². The highest BCUT2D eigenvalue weighted by Gasteiger charge is 2.18. The molecule has 9 heteroatoms. The Kier molecular flexibility index (Phi) is 6.64. The first kappa shape index (κ1) is 20.3. The molecular formula is C19H21ClN4O3S. The van der Waals surface area contributed by atoms with Crippen LogP contribution in [0.1, 0.15) is 12.5 Å². The average Bonchev–Trinajstić information content (AvgIpc) is 3.35. The summed E-state index contributed by atoms with van der Waals surface area (Å²) in [7, 11) is 3.35. The minimum absolute atomic E-state index is 0.0303. The molecule has 1 aromatic carbocycles. The topological polar surface area (TPSA) is 73.4 Å². The molecule has 3 rings (SSSR count). The van der Waals surface area contributed by atoms with Crippen LogP contribution in [0.3, 0.4) is 0 Å². The number of halogens is 1. The molecule has 0 saturated carbocycles. The molecule has 0 spiro atoms. The molecule has 1 amide bonds. The molecule has 0 unspecified atom stereocenters. The number of carbonyl (C=O) groups is 1. The van der Waals surface area contributed by atoms with Crippen LogP contribution in [0.15, 0.2) is 46.2 Å². The first-order chi connectivity index (χ1) is 13.5. The van der Waals surface area contributed by atoms with Crippen LogP contribution < -0.4 is 4.74 Å². The molecule has 0 fully saturated rings. The molecule has 0 radical (unpaired) electrons. The molecule has 7 nitrogen and oxygen atoms in total. The van der Waals surface area contributed by atoms with Crippen LogP contribution >= 0.6 is 23.4 Å². The van der Waals surface area contributed by atoms with E-state index in [1.165, 1.54) is 11.8 Å². The number of carbonyl (C=O) groups excluding carboxylic acids is 1. The lowest BCUT2D eigenvalue weighted by molar-refractivity contribution is -0.127. The van der Waals surface area contributed by atoms with E-state index in [4.69, 9.17) is 20.8 Å². The maximum atomic E-state index is 12.6. The summed E-state index contributed by atoms with van der Waals surface area (Å²) in [6.45, 7) is 3.08. The van der Waals surface area contributed by atoms with Crippen LogP contribution in [0.4, 0.5) is 0 Å². The van der Waals surface area contributed by atoms with Gasteiger partial charge in [-0.15, -0.1) is 10.2 Å². The molecule has 0 aliphatic heterocycles. The zero-order chi connectivity index (χ0) is 20.1. The normalized spacial score (nSPS) is 10.9. The van der Waals surface area contributed by atoms with Gasteiger partial charge in [-0.1, -0.05) is 23.4 Å². The van der Waals surface area contributed by atoms with Crippen molar-refractivity contribution < 1.29 is 13.9 Å². The summed E-state index contributed by atoms with van der Waals surface area (Å²) < 4.78 is 12.7. The number of rotatable bonds is 8. The first-order valence-corrected chi connectivity index (χ1v) is 10.1. The fourth-order valence-corrected chi connectivity index (χ4v) is 3.86. The van der Waals surface area contributed by atoms with Crippen LogP contribution in [-0.4, -0.2) is 45.5 Å². The minimum atomic E-state index is -0.0303. The fraction of sp³-hybridized carbons (Fsp3) is 0.316. The zero-order valence-corrected chi connectivity index (χ0v) is 17.5. The molecule has 0 bridgehead atoms. The first-order valence-electron chi connectivity index (χ1n) is 8.69. The van der Waals surface area contributed by atoms with E-state index in [0.717, 1.165) is 5.56 Å². The summed E-state index contributed by atoms with van der Waals surface area (Å²) in [5.74, 6) is 2.22. The summed E-state index contributed by atoms with van der Waals surface area (Å²) in [6, 6.07) is 9.00. The average molecular weight is 421 g/mol. The number of thioether (sulfide) groups is 1. The number of amides is 1.